The minimum Gasteiger partial charge on any atom is -0.316 e. The molecule has 0 unspecified atom stereocenters. The maximum Gasteiger partial charge on any atom is 0.0798 e. The third-order valence-electron chi connectivity index (χ3n) is 4.70. The van der Waals surface area contributed by atoms with Gasteiger partial charge < -0.3 is 10.2 Å². The van der Waals surface area contributed by atoms with Gasteiger partial charge in [-0.1, -0.05) is 26.2 Å². The summed E-state index contributed by atoms with van der Waals surface area (Å²) in [5, 5.41) is 3.68. The van der Waals surface area contributed by atoms with Crippen molar-refractivity contribution < 1.29 is 0 Å². The molecule has 1 aromatic heterocycles. The zero-order valence-electron chi connectivity index (χ0n) is 14.0. The van der Waals surface area contributed by atoms with Crippen LogP contribution in [-0.4, -0.2) is 36.6 Å². The molecule has 2 rings (SSSR count). The van der Waals surface area contributed by atoms with Gasteiger partial charge in [0.1, 0.15) is 0 Å². The van der Waals surface area contributed by atoms with E-state index in [1.165, 1.54) is 62.2 Å². The molecule has 0 saturated heterocycles. The zero-order chi connectivity index (χ0) is 15.1. The lowest BCUT2D eigenvalue weighted by atomic mass is 9.73. The fourth-order valence-electron chi connectivity index (χ4n) is 3.57. The molecule has 0 radical (unpaired) electrons. The van der Waals surface area contributed by atoms with Gasteiger partial charge in [0, 0.05) is 24.5 Å². The minimum absolute atomic E-state index is 0.487. The molecule has 1 fully saturated rings. The Balaban J connectivity index is 1.92. The third-order valence-corrected chi connectivity index (χ3v) is 5.62. The highest BCUT2D eigenvalue weighted by Gasteiger charge is 2.32. The summed E-state index contributed by atoms with van der Waals surface area (Å²) in [6, 6.07) is 0. The first-order chi connectivity index (χ1) is 10.2. The predicted octanol–water partition coefficient (Wildman–Crippen LogP) is 3.83. The van der Waals surface area contributed by atoms with Gasteiger partial charge in [0.05, 0.1) is 11.2 Å². The smallest absolute Gasteiger partial charge is 0.0798 e. The number of rotatable bonds is 8. The van der Waals surface area contributed by atoms with Gasteiger partial charge in [-0.3, -0.25) is 0 Å². The molecule has 0 bridgehead atoms. The van der Waals surface area contributed by atoms with Crippen molar-refractivity contribution in [2.75, 3.05) is 26.7 Å². The van der Waals surface area contributed by atoms with Crippen molar-refractivity contribution in [3.63, 3.8) is 0 Å². The van der Waals surface area contributed by atoms with E-state index in [2.05, 4.69) is 36.1 Å². The van der Waals surface area contributed by atoms with Gasteiger partial charge in [-0.2, -0.15) is 0 Å². The van der Waals surface area contributed by atoms with Gasteiger partial charge in [0.2, 0.25) is 0 Å². The lowest BCUT2D eigenvalue weighted by Gasteiger charge is -2.40. The SMILES string of the molecule is CCCNCC1(CN(C)Cc2scnc2C)CCCCC1. The van der Waals surface area contributed by atoms with E-state index in [1.54, 1.807) is 11.3 Å². The molecule has 1 N–H and O–H groups in total. The molecule has 4 heteroatoms. The van der Waals surface area contributed by atoms with Crippen LogP contribution in [0.4, 0.5) is 0 Å². The van der Waals surface area contributed by atoms with Gasteiger partial charge >= 0.3 is 0 Å². The molecule has 0 spiro atoms. The average molecular weight is 310 g/mol. The van der Waals surface area contributed by atoms with E-state index in [0.29, 0.717) is 5.41 Å². The maximum atomic E-state index is 4.37. The van der Waals surface area contributed by atoms with E-state index in [1.807, 2.05) is 5.51 Å². The van der Waals surface area contributed by atoms with E-state index >= 15 is 0 Å². The second kappa shape index (κ2) is 8.25. The molecule has 1 aliphatic rings. The number of nitrogens with one attached hydrogen (secondary N) is 1. The van der Waals surface area contributed by atoms with Crippen molar-refractivity contribution in [3.8, 4) is 0 Å². The lowest BCUT2D eigenvalue weighted by molar-refractivity contribution is 0.114. The summed E-state index contributed by atoms with van der Waals surface area (Å²) in [5.41, 5.74) is 3.66. The molecule has 0 atom stereocenters. The number of aryl methyl sites for hydroxylation is 1. The lowest BCUT2D eigenvalue weighted by Crippen LogP contribution is -2.44. The van der Waals surface area contributed by atoms with Crippen molar-refractivity contribution in [2.45, 2.75) is 58.9 Å². The third kappa shape index (κ3) is 5.04. The minimum atomic E-state index is 0.487. The average Bonchev–Trinajstić information content (AvgIpc) is 2.85. The van der Waals surface area contributed by atoms with Gasteiger partial charge in [-0.05, 0) is 45.2 Å². The Hall–Kier alpha value is -0.450. The van der Waals surface area contributed by atoms with Crippen molar-refractivity contribution in [1.29, 1.82) is 0 Å². The zero-order valence-corrected chi connectivity index (χ0v) is 14.8. The van der Waals surface area contributed by atoms with E-state index in [9.17, 15) is 0 Å². The Kier molecular flexibility index (Phi) is 6.65. The van der Waals surface area contributed by atoms with Gasteiger partial charge in [-0.15, -0.1) is 11.3 Å². The molecule has 0 aliphatic heterocycles. The second-order valence-corrected chi connectivity index (χ2v) is 7.71. The van der Waals surface area contributed by atoms with Gasteiger partial charge in [0.15, 0.2) is 0 Å². The summed E-state index contributed by atoms with van der Waals surface area (Å²) in [4.78, 5) is 8.31. The highest BCUT2D eigenvalue weighted by atomic mass is 32.1. The van der Waals surface area contributed by atoms with Crippen LogP contribution in [0.3, 0.4) is 0 Å². The van der Waals surface area contributed by atoms with E-state index < -0.39 is 0 Å². The first-order valence-electron chi connectivity index (χ1n) is 8.43. The van der Waals surface area contributed by atoms with E-state index in [4.69, 9.17) is 0 Å². The van der Waals surface area contributed by atoms with Crippen LogP contribution < -0.4 is 5.32 Å². The molecule has 1 heterocycles. The molecule has 0 aromatic carbocycles. The highest BCUT2D eigenvalue weighted by Crippen LogP contribution is 2.36. The van der Waals surface area contributed by atoms with Crippen LogP contribution in [0.25, 0.3) is 0 Å². The summed E-state index contributed by atoms with van der Waals surface area (Å²) in [7, 11) is 2.27. The molecule has 0 amide bonds. The van der Waals surface area contributed by atoms with E-state index in [-0.39, 0.29) is 0 Å². The number of nitrogens with zero attached hydrogens (tertiary/aromatic N) is 2. The second-order valence-electron chi connectivity index (χ2n) is 6.77. The Bertz CT molecular complexity index is 410. The summed E-state index contributed by atoms with van der Waals surface area (Å²) in [5.74, 6) is 0. The van der Waals surface area contributed by atoms with Gasteiger partial charge in [0.25, 0.3) is 0 Å². The maximum absolute atomic E-state index is 4.37. The molecule has 120 valence electrons. The Morgan fingerprint density at radius 3 is 2.71 bits per heavy atom. The predicted molar refractivity (Wildman–Crippen MR) is 91.9 cm³/mol. The largest absolute Gasteiger partial charge is 0.316 e. The number of thiazole rings is 1. The Morgan fingerprint density at radius 1 is 1.33 bits per heavy atom. The molecule has 1 aromatic rings. The number of hydrogen-bond donors (Lipinski definition) is 1. The van der Waals surface area contributed by atoms with Crippen LogP contribution in [-0.2, 0) is 6.54 Å². The molecular weight excluding hydrogens is 278 g/mol. The fourth-order valence-corrected chi connectivity index (χ4v) is 4.43. The fraction of sp³-hybridized carbons (Fsp3) is 0.824. The van der Waals surface area contributed by atoms with Crippen LogP contribution in [0, 0.1) is 12.3 Å². The molecule has 1 aliphatic carbocycles. The normalized spacial score (nSPS) is 18.3. The molecule has 21 heavy (non-hydrogen) atoms. The van der Waals surface area contributed by atoms with Crippen molar-refractivity contribution in [3.05, 3.63) is 16.1 Å². The van der Waals surface area contributed by atoms with E-state index in [0.717, 1.165) is 13.1 Å². The van der Waals surface area contributed by atoms with Crippen LogP contribution in [0.15, 0.2) is 5.51 Å². The molecular formula is C17H31N3S. The van der Waals surface area contributed by atoms with Crippen LogP contribution >= 0.6 is 11.3 Å². The van der Waals surface area contributed by atoms with Crippen LogP contribution in [0.2, 0.25) is 0 Å². The number of aromatic nitrogens is 1. The topological polar surface area (TPSA) is 28.2 Å². The molecule has 1 saturated carbocycles. The quantitative estimate of drug-likeness (QED) is 0.740. The summed E-state index contributed by atoms with van der Waals surface area (Å²) < 4.78 is 0. The van der Waals surface area contributed by atoms with Crippen molar-refractivity contribution >= 4 is 11.3 Å². The standard InChI is InChI=1S/C17H31N3S/c1-4-10-18-12-17(8-6-5-7-9-17)13-20(3)11-16-15(2)19-14-21-16/h14,18H,4-13H2,1-3H3. The summed E-state index contributed by atoms with van der Waals surface area (Å²) in [6.45, 7) is 8.97. The van der Waals surface area contributed by atoms with Gasteiger partial charge in [-0.25, -0.2) is 4.98 Å². The van der Waals surface area contributed by atoms with Crippen LogP contribution in [0.5, 0.6) is 0 Å². The van der Waals surface area contributed by atoms with Crippen molar-refractivity contribution in [2.24, 2.45) is 5.41 Å². The van der Waals surface area contributed by atoms with Crippen LogP contribution in [0.1, 0.15) is 56.0 Å². The Labute approximate surface area is 134 Å². The summed E-state index contributed by atoms with van der Waals surface area (Å²) in [6.07, 6.45) is 8.23. The monoisotopic (exact) mass is 309 g/mol. The first kappa shape index (κ1) is 16.9. The number of hydrogen-bond acceptors (Lipinski definition) is 4. The summed E-state index contributed by atoms with van der Waals surface area (Å²) >= 11 is 1.79. The van der Waals surface area contributed by atoms with Crippen molar-refractivity contribution in [1.82, 2.24) is 15.2 Å². The Morgan fingerprint density at radius 2 is 2.10 bits per heavy atom. The first-order valence-corrected chi connectivity index (χ1v) is 9.31. The molecule has 3 nitrogen and oxygen atoms in total. The highest BCUT2D eigenvalue weighted by molar-refractivity contribution is 7.09.